The molecule has 0 aromatic carbocycles. The van der Waals surface area contributed by atoms with Gasteiger partial charge in [0.2, 0.25) is 5.91 Å². The molecular weight excluding hydrogens is 220 g/mol. The van der Waals surface area contributed by atoms with Crippen molar-refractivity contribution in [3.05, 3.63) is 29.6 Å². The molecule has 1 fully saturated rings. The minimum absolute atomic E-state index is 0.0278. The summed E-state index contributed by atoms with van der Waals surface area (Å²) in [6.07, 6.45) is 2.37. The van der Waals surface area contributed by atoms with Crippen LogP contribution >= 0.6 is 0 Å². The number of hydrogen-bond donors (Lipinski definition) is 2. The quantitative estimate of drug-likeness (QED) is 0.816. The average Bonchev–Trinajstić information content (AvgIpc) is 3.04. The molecule has 1 aliphatic carbocycles. The number of carboxylic acid groups (broad SMARTS) is 1. The summed E-state index contributed by atoms with van der Waals surface area (Å²) in [5.41, 5.74) is 0.746. The van der Waals surface area contributed by atoms with Gasteiger partial charge in [0, 0.05) is 12.1 Å². The Balaban J connectivity index is 1.92. The molecule has 1 amide bonds. The molecule has 2 atom stereocenters. The summed E-state index contributed by atoms with van der Waals surface area (Å²) >= 11 is 0. The van der Waals surface area contributed by atoms with E-state index >= 15 is 0 Å². The van der Waals surface area contributed by atoms with E-state index in [9.17, 15) is 9.59 Å². The number of carboxylic acids is 1. The number of hydrogen-bond acceptors (Lipinski definition) is 3. The third-order valence-electron chi connectivity index (χ3n) is 2.95. The van der Waals surface area contributed by atoms with E-state index in [1.165, 1.54) is 18.3 Å². The smallest absolute Gasteiger partial charge is 0.335 e. The minimum atomic E-state index is -0.990. The van der Waals surface area contributed by atoms with Gasteiger partial charge < -0.3 is 10.4 Å². The van der Waals surface area contributed by atoms with Gasteiger partial charge in [0.25, 0.3) is 0 Å². The Kier molecular flexibility index (Phi) is 3.08. The highest BCUT2D eigenvalue weighted by Crippen LogP contribution is 2.37. The van der Waals surface area contributed by atoms with E-state index in [1.54, 1.807) is 0 Å². The van der Waals surface area contributed by atoms with Gasteiger partial charge in [0.05, 0.1) is 17.8 Å². The van der Waals surface area contributed by atoms with E-state index in [0.29, 0.717) is 11.6 Å². The van der Waals surface area contributed by atoms with Crippen LogP contribution in [0.5, 0.6) is 0 Å². The van der Waals surface area contributed by atoms with Crippen LogP contribution in [0, 0.1) is 11.8 Å². The second-order valence-corrected chi connectivity index (χ2v) is 4.38. The summed E-state index contributed by atoms with van der Waals surface area (Å²) in [4.78, 5) is 26.3. The van der Waals surface area contributed by atoms with Crippen LogP contribution in [0.15, 0.2) is 18.3 Å². The summed E-state index contributed by atoms with van der Waals surface area (Å²) < 4.78 is 0. The Morgan fingerprint density at radius 1 is 1.59 bits per heavy atom. The van der Waals surface area contributed by atoms with Crippen molar-refractivity contribution in [3.8, 4) is 0 Å². The van der Waals surface area contributed by atoms with Gasteiger partial charge in [-0.3, -0.25) is 9.78 Å². The number of aromatic nitrogens is 1. The molecule has 1 aromatic rings. The highest BCUT2D eigenvalue weighted by Gasteiger charge is 2.38. The molecule has 1 heterocycles. The zero-order valence-electron chi connectivity index (χ0n) is 9.51. The maximum atomic E-state index is 11.6. The van der Waals surface area contributed by atoms with Crippen LogP contribution in [-0.4, -0.2) is 22.0 Å². The molecule has 0 saturated heterocycles. The number of carbonyl (C=O) groups excluding carboxylic acids is 1. The first-order valence-corrected chi connectivity index (χ1v) is 5.54. The number of pyridine rings is 1. The third-order valence-corrected chi connectivity index (χ3v) is 2.95. The second-order valence-electron chi connectivity index (χ2n) is 4.38. The summed E-state index contributed by atoms with van der Waals surface area (Å²) in [6.45, 7) is 2.32. The van der Waals surface area contributed by atoms with Gasteiger partial charge in [0.1, 0.15) is 0 Å². The fraction of sp³-hybridized carbons (Fsp3) is 0.417. The lowest BCUT2D eigenvalue weighted by molar-refractivity contribution is -0.122. The summed E-state index contributed by atoms with van der Waals surface area (Å²) in [6, 6.07) is 2.90. The van der Waals surface area contributed by atoms with Crippen LogP contribution in [0.1, 0.15) is 29.4 Å². The molecule has 0 spiro atoms. The lowest BCUT2D eigenvalue weighted by Crippen LogP contribution is -2.25. The van der Waals surface area contributed by atoms with Gasteiger partial charge in [-0.2, -0.15) is 0 Å². The number of amides is 1. The standard InChI is InChI=1S/C12H14N2O3/c1-7-4-10(7)11(15)14-6-9-5-8(12(16)17)2-3-13-9/h2-3,5,7,10H,4,6H2,1H3,(H,14,15)(H,16,17). The zero-order chi connectivity index (χ0) is 12.4. The third kappa shape index (κ3) is 2.81. The average molecular weight is 234 g/mol. The predicted molar refractivity (Wildman–Crippen MR) is 60.3 cm³/mol. The monoisotopic (exact) mass is 234 g/mol. The predicted octanol–water partition coefficient (Wildman–Crippen LogP) is 1.05. The van der Waals surface area contributed by atoms with E-state index in [-0.39, 0.29) is 23.9 Å². The van der Waals surface area contributed by atoms with Crippen molar-refractivity contribution in [2.75, 3.05) is 0 Å². The van der Waals surface area contributed by atoms with Gasteiger partial charge >= 0.3 is 5.97 Å². The molecular formula is C12H14N2O3. The lowest BCUT2D eigenvalue weighted by Gasteiger charge is -2.04. The molecule has 5 heteroatoms. The van der Waals surface area contributed by atoms with Crippen molar-refractivity contribution in [1.29, 1.82) is 0 Å². The Morgan fingerprint density at radius 3 is 2.88 bits per heavy atom. The molecule has 2 rings (SSSR count). The molecule has 90 valence electrons. The van der Waals surface area contributed by atoms with E-state index in [1.807, 2.05) is 6.92 Å². The van der Waals surface area contributed by atoms with E-state index < -0.39 is 5.97 Å². The van der Waals surface area contributed by atoms with Crippen molar-refractivity contribution < 1.29 is 14.7 Å². The van der Waals surface area contributed by atoms with Gasteiger partial charge in [-0.05, 0) is 24.5 Å². The Labute approximate surface area is 98.9 Å². The molecule has 1 aromatic heterocycles. The van der Waals surface area contributed by atoms with Gasteiger partial charge in [-0.1, -0.05) is 6.92 Å². The lowest BCUT2D eigenvalue weighted by atomic mass is 10.2. The Morgan fingerprint density at radius 2 is 2.29 bits per heavy atom. The van der Waals surface area contributed by atoms with Crippen molar-refractivity contribution >= 4 is 11.9 Å². The van der Waals surface area contributed by atoms with Crippen LogP contribution in [0.4, 0.5) is 0 Å². The Hall–Kier alpha value is -1.91. The number of nitrogens with one attached hydrogen (secondary N) is 1. The normalized spacial score (nSPS) is 21.9. The maximum absolute atomic E-state index is 11.6. The van der Waals surface area contributed by atoms with Crippen molar-refractivity contribution in [1.82, 2.24) is 10.3 Å². The first kappa shape index (κ1) is 11.6. The topological polar surface area (TPSA) is 79.3 Å². The van der Waals surface area contributed by atoms with Crippen LogP contribution in [0.25, 0.3) is 0 Å². The highest BCUT2D eigenvalue weighted by molar-refractivity contribution is 5.87. The molecule has 0 aliphatic heterocycles. The second kappa shape index (κ2) is 4.53. The zero-order valence-corrected chi connectivity index (χ0v) is 9.51. The molecule has 17 heavy (non-hydrogen) atoms. The molecule has 0 bridgehead atoms. The van der Waals surface area contributed by atoms with E-state index in [4.69, 9.17) is 5.11 Å². The summed E-state index contributed by atoms with van der Waals surface area (Å²) in [5, 5.41) is 11.6. The summed E-state index contributed by atoms with van der Waals surface area (Å²) in [5.74, 6) is -0.373. The molecule has 5 nitrogen and oxygen atoms in total. The fourth-order valence-electron chi connectivity index (χ4n) is 1.70. The highest BCUT2D eigenvalue weighted by atomic mass is 16.4. The maximum Gasteiger partial charge on any atom is 0.335 e. The molecule has 1 saturated carbocycles. The minimum Gasteiger partial charge on any atom is -0.478 e. The van der Waals surface area contributed by atoms with Crippen molar-refractivity contribution in [2.24, 2.45) is 11.8 Å². The fourth-order valence-corrected chi connectivity index (χ4v) is 1.70. The molecule has 1 aliphatic rings. The first-order valence-electron chi connectivity index (χ1n) is 5.54. The van der Waals surface area contributed by atoms with E-state index in [0.717, 1.165) is 6.42 Å². The van der Waals surface area contributed by atoms with Crippen molar-refractivity contribution in [2.45, 2.75) is 19.9 Å². The number of nitrogens with zero attached hydrogens (tertiary/aromatic N) is 1. The summed E-state index contributed by atoms with van der Waals surface area (Å²) in [7, 11) is 0. The van der Waals surface area contributed by atoms with Gasteiger partial charge in [-0.15, -0.1) is 0 Å². The van der Waals surface area contributed by atoms with Crippen LogP contribution in [-0.2, 0) is 11.3 Å². The van der Waals surface area contributed by atoms with Crippen molar-refractivity contribution in [3.63, 3.8) is 0 Å². The van der Waals surface area contributed by atoms with Crippen LogP contribution < -0.4 is 5.32 Å². The molecule has 0 radical (unpaired) electrons. The Bertz CT molecular complexity index is 459. The van der Waals surface area contributed by atoms with Gasteiger partial charge in [-0.25, -0.2) is 4.79 Å². The molecule has 2 N–H and O–H groups in total. The number of rotatable bonds is 4. The van der Waals surface area contributed by atoms with Gasteiger partial charge in [0.15, 0.2) is 0 Å². The number of aromatic carboxylic acids is 1. The van der Waals surface area contributed by atoms with Crippen LogP contribution in [0.2, 0.25) is 0 Å². The first-order chi connectivity index (χ1) is 8.08. The molecule has 2 unspecified atom stereocenters. The number of carbonyl (C=O) groups is 2. The van der Waals surface area contributed by atoms with E-state index in [2.05, 4.69) is 10.3 Å². The van der Waals surface area contributed by atoms with Crippen LogP contribution in [0.3, 0.4) is 0 Å². The SMILES string of the molecule is CC1CC1C(=O)NCc1cc(C(=O)O)ccn1. The largest absolute Gasteiger partial charge is 0.478 e.